The molecule has 0 unspecified atom stereocenters. The van der Waals surface area contributed by atoms with Crippen LogP contribution in [0.15, 0.2) is 145 Å². The van der Waals surface area contributed by atoms with E-state index in [0.717, 1.165) is 25.1 Å². The van der Waals surface area contributed by atoms with E-state index in [9.17, 15) is 0 Å². The maximum absolute atomic E-state index is 3.54. The highest BCUT2D eigenvalue weighted by Gasteiger charge is 1.95. The third kappa shape index (κ3) is 12.2. The summed E-state index contributed by atoms with van der Waals surface area (Å²) in [5, 5.41) is 3.54. The third-order valence-corrected chi connectivity index (χ3v) is 4.42. The van der Waals surface area contributed by atoms with Crippen LogP contribution < -0.4 is 5.32 Å². The zero-order chi connectivity index (χ0) is 21.0. The molecular formula is C29H33N. The average Bonchev–Trinajstić information content (AvgIpc) is 2.73. The molecule has 2 aliphatic rings. The van der Waals surface area contributed by atoms with Gasteiger partial charge in [0, 0.05) is 12.2 Å². The van der Waals surface area contributed by atoms with Crippen LogP contribution in [-0.2, 0) is 0 Å². The van der Waals surface area contributed by atoms with E-state index in [2.05, 4.69) is 78.2 Å². The third-order valence-electron chi connectivity index (χ3n) is 4.42. The van der Waals surface area contributed by atoms with Crippen molar-refractivity contribution >= 4 is 0 Å². The molecule has 1 N–H and O–H groups in total. The van der Waals surface area contributed by atoms with Gasteiger partial charge in [0.1, 0.15) is 0 Å². The Morgan fingerprint density at radius 1 is 0.433 bits per heavy atom. The van der Waals surface area contributed by atoms with Crippen molar-refractivity contribution in [3.63, 3.8) is 0 Å². The predicted molar refractivity (Wildman–Crippen MR) is 134 cm³/mol. The van der Waals surface area contributed by atoms with Crippen molar-refractivity contribution in [2.75, 3.05) is 6.54 Å². The highest BCUT2D eigenvalue weighted by atomic mass is 14.9. The molecule has 154 valence electrons. The van der Waals surface area contributed by atoms with Crippen molar-refractivity contribution in [3.05, 3.63) is 145 Å². The lowest BCUT2D eigenvalue weighted by molar-refractivity contribution is 0.648. The summed E-state index contributed by atoms with van der Waals surface area (Å²) in [6.45, 7) is 0.984. The highest BCUT2D eigenvalue weighted by molar-refractivity contribution is 5.30. The van der Waals surface area contributed by atoms with Crippen molar-refractivity contribution in [2.24, 2.45) is 0 Å². The Morgan fingerprint density at radius 2 is 0.933 bits per heavy atom. The zero-order valence-corrected chi connectivity index (χ0v) is 17.7. The second-order valence-electron chi connectivity index (χ2n) is 6.90. The number of hydrogen-bond donors (Lipinski definition) is 1. The minimum atomic E-state index is 0.984. The second kappa shape index (κ2) is 16.6. The van der Waals surface area contributed by atoms with Crippen molar-refractivity contribution in [3.8, 4) is 0 Å². The van der Waals surface area contributed by atoms with Crippen LogP contribution in [0.25, 0.3) is 0 Å². The second-order valence-corrected chi connectivity index (χ2v) is 6.90. The topological polar surface area (TPSA) is 12.0 Å². The lowest BCUT2D eigenvalue weighted by Gasteiger charge is -2.07. The van der Waals surface area contributed by atoms with Crippen LogP contribution in [0.5, 0.6) is 0 Å². The largest absolute Gasteiger partial charge is 0.385 e. The summed E-state index contributed by atoms with van der Waals surface area (Å²) >= 11 is 0. The molecule has 0 saturated carbocycles. The van der Waals surface area contributed by atoms with Gasteiger partial charge in [-0.3, -0.25) is 0 Å². The summed E-state index contributed by atoms with van der Waals surface area (Å²) in [4.78, 5) is 0. The van der Waals surface area contributed by atoms with Gasteiger partial charge in [-0.2, -0.15) is 0 Å². The molecule has 0 aromatic carbocycles. The Balaban J connectivity index is 1.74. The van der Waals surface area contributed by atoms with E-state index in [1.165, 1.54) is 18.4 Å². The summed E-state index contributed by atoms with van der Waals surface area (Å²) in [6.07, 6.45) is 50.3. The van der Waals surface area contributed by atoms with E-state index in [-0.39, 0.29) is 0 Å². The molecule has 0 aromatic rings. The summed E-state index contributed by atoms with van der Waals surface area (Å²) in [5.74, 6) is 0. The molecule has 0 aromatic heterocycles. The molecule has 0 radical (unpaired) electrons. The Kier molecular flexibility index (Phi) is 12.7. The zero-order valence-electron chi connectivity index (χ0n) is 17.7. The fraction of sp³-hybridized carbons (Fsp3) is 0.172. The van der Waals surface area contributed by atoms with Gasteiger partial charge in [0.15, 0.2) is 0 Å². The Morgan fingerprint density at radius 3 is 1.57 bits per heavy atom. The van der Waals surface area contributed by atoms with Gasteiger partial charge in [-0.15, -0.1) is 0 Å². The van der Waals surface area contributed by atoms with Crippen LogP contribution in [0.1, 0.15) is 25.7 Å². The van der Waals surface area contributed by atoms with E-state index in [1.807, 2.05) is 60.8 Å². The van der Waals surface area contributed by atoms with Gasteiger partial charge in [0.05, 0.1) is 0 Å². The van der Waals surface area contributed by atoms with Crippen LogP contribution in [0, 0.1) is 0 Å². The first-order valence-corrected chi connectivity index (χ1v) is 10.8. The maximum atomic E-state index is 3.54. The number of hydrogen-bond acceptors (Lipinski definition) is 1. The SMILES string of the molecule is C1=C\C=C/C=C\C(CCCCCNC2=C/C=C\C=C/C=C\C=C/C=C\2)=C/C=C\C=C/1. The molecule has 0 fully saturated rings. The van der Waals surface area contributed by atoms with Gasteiger partial charge in [0.2, 0.25) is 0 Å². The van der Waals surface area contributed by atoms with Crippen LogP contribution in [0.3, 0.4) is 0 Å². The average molecular weight is 396 g/mol. The quantitative estimate of drug-likeness (QED) is 0.439. The number of unbranched alkanes of at least 4 members (excludes halogenated alkanes) is 2. The summed E-state index contributed by atoms with van der Waals surface area (Å²) < 4.78 is 0. The Hall–Kier alpha value is -3.32. The van der Waals surface area contributed by atoms with Crippen molar-refractivity contribution < 1.29 is 0 Å². The van der Waals surface area contributed by atoms with Crippen LogP contribution in [0.4, 0.5) is 0 Å². The molecule has 0 bridgehead atoms. The lowest BCUT2D eigenvalue weighted by Crippen LogP contribution is -2.13. The summed E-state index contributed by atoms with van der Waals surface area (Å²) in [5.41, 5.74) is 2.50. The lowest BCUT2D eigenvalue weighted by atomic mass is 10.1. The van der Waals surface area contributed by atoms with Crippen molar-refractivity contribution in [1.29, 1.82) is 0 Å². The first-order valence-electron chi connectivity index (χ1n) is 10.8. The van der Waals surface area contributed by atoms with Crippen LogP contribution >= 0.6 is 0 Å². The standard InChI is InChI=1S/C29H33N/c1-3-7-11-16-22-28(23-17-12-8-4-1)24-18-15-21-27-30-29-25-19-13-9-5-2-6-10-14-20-26-29/h1-14,16-17,19-20,22-23,25-26,30H,15,18,21,24,27H2/b3-1-,4-1?,5-2-,6-2?,7-3?,8-4-,9-5?,10-6-,11-7-,12-8?,13-9-,14-10?,16-11?,17-12-,19-13?,20-14-,22-16-,23-17?,25-19-,26-20?,28-22?,28-23+,29-25?,29-26+. The van der Waals surface area contributed by atoms with E-state index < -0.39 is 0 Å². The van der Waals surface area contributed by atoms with Gasteiger partial charge in [-0.1, -0.05) is 128 Å². The molecule has 2 rings (SSSR count). The maximum Gasteiger partial charge on any atom is 0.0340 e. The predicted octanol–water partition coefficient (Wildman–Crippen LogP) is 7.54. The minimum Gasteiger partial charge on any atom is -0.385 e. The molecular weight excluding hydrogens is 362 g/mol. The van der Waals surface area contributed by atoms with Gasteiger partial charge >= 0.3 is 0 Å². The van der Waals surface area contributed by atoms with E-state index in [4.69, 9.17) is 0 Å². The van der Waals surface area contributed by atoms with E-state index >= 15 is 0 Å². The molecule has 30 heavy (non-hydrogen) atoms. The van der Waals surface area contributed by atoms with Crippen LogP contribution in [-0.4, -0.2) is 6.54 Å². The van der Waals surface area contributed by atoms with Gasteiger partial charge < -0.3 is 5.32 Å². The molecule has 0 atom stereocenters. The first-order chi connectivity index (χ1) is 14.9. The van der Waals surface area contributed by atoms with Crippen molar-refractivity contribution in [2.45, 2.75) is 25.7 Å². The number of nitrogens with one attached hydrogen (secondary N) is 1. The molecule has 0 aliphatic heterocycles. The molecule has 1 heteroatoms. The molecule has 0 saturated heterocycles. The summed E-state index contributed by atoms with van der Waals surface area (Å²) in [7, 11) is 0. The normalized spacial score (nSPS) is 30.5. The number of allylic oxidation sites excluding steroid dienone is 23. The van der Waals surface area contributed by atoms with Gasteiger partial charge in [-0.05, 0) is 37.0 Å². The fourth-order valence-corrected chi connectivity index (χ4v) is 2.83. The molecule has 0 spiro atoms. The van der Waals surface area contributed by atoms with Gasteiger partial charge in [-0.25, -0.2) is 0 Å². The first kappa shape index (κ1) is 23.0. The summed E-state index contributed by atoms with van der Waals surface area (Å²) in [6, 6.07) is 0. The Labute approximate surface area is 182 Å². The van der Waals surface area contributed by atoms with Gasteiger partial charge in [0.25, 0.3) is 0 Å². The highest BCUT2D eigenvalue weighted by Crippen LogP contribution is 2.11. The van der Waals surface area contributed by atoms with E-state index in [1.54, 1.807) is 0 Å². The molecule has 1 nitrogen and oxygen atoms in total. The molecule has 2 aliphatic carbocycles. The fourth-order valence-electron chi connectivity index (χ4n) is 2.83. The van der Waals surface area contributed by atoms with Crippen molar-refractivity contribution in [1.82, 2.24) is 5.32 Å². The number of rotatable bonds is 7. The monoisotopic (exact) mass is 395 g/mol. The van der Waals surface area contributed by atoms with E-state index in [0.29, 0.717) is 0 Å². The van der Waals surface area contributed by atoms with Crippen LogP contribution in [0.2, 0.25) is 0 Å². The smallest absolute Gasteiger partial charge is 0.0340 e. The Bertz CT molecular complexity index is 771. The molecule has 0 heterocycles. The minimum absolute atomic E-state index is 0.984. The molecule has 0 amide bonds.